The predicted molar refractivity (Wildman–Crippen MR) is 64.9 cm³/mol. The number of ketones is 1. The SMILES string of the molecule is CCCC(C)N(C)c1ncc(C(C)=O)s1. The lowest BCUT2D eigenvalue weighted by molar-refractivity contribution is 0.102. The molecule has 0 fully saturated rings. The van der Waals surface area contributed by atoms with Crippen molar-refractivity contribution >= 4 is 22.3 Å². The van der Waals surface area contributed by atoms with Gasteiger partial charge in [-0.05, 0) is 13.3 Å². The molecule has 0 bridgehead atoms. The Morgan fingerprint density at radius 1 is 1.67 bits per heavy atom. The molecule has 3 nitrogen and oxygen atoms in total. The molecule has 0 aliphatic heterocycles. The van der Waals surface area contributed by atoms with E-state index in [-0.39, 0.29) is 5.78 Å². The summed E-state index contributed by atoms with van der Waals surface area (Å²) >= 11 is 1.47. The third kappa shape index (κ3) is 3.02. The lowest BCUT2D eigenvalue weighted by Gasteiger charge is -2.23. The number of carbonyl (C=O) groups is 1. The molecular formula is C11H18N2OS. The largest absolute Gasteiger partial charge is 0.348 e. The Hall–Kier alpha value is -0.900. The van der Waals surface area contributed by atoms with Crippen molar-refractivity contribution in [3.63, 3.8) is 0 Å². The molecule has 0 saturated heterocycles. The monoisotopic (exact) mass is 226 g/mol. The van der Waals surface area contributed by atoms with Crippen LogP contribution in [-0.2, 0) is 0 Å². The number of nitrogens with zero attached hydrogens (tertiary/aromatic N) is 2. The second kappa shape index (κ2) is 5.26. The van der Waals surface area contributed by atoms with Crippen molar-refractivity contribution in [2.24, 2.45) is 0 Å². The number of rotatable bonds is 5. The summed E-state index contributed by atoms with van der Waals surface area (Å²) in [5.41, 5.74) is 0. The van der Waals surface area contributed by atoms with Crippen molar-refractivity contribution in [3.8, 4) is 0 Å². The second-order valence-electron chi connectivity index (χ2n) is 3.81. The van der Waals surface area contributed by atoms with E-state index in [9.17, 15) is 4.79 Å². The standard InChI is InChI=1S/C11H18N2OS/c1-5-6-8(2)13(4)11-12-7-10(15-11)9(3)14/h7-8H,5-6H2,1-4H3. The van der Waals surface area contributed by atoms with Gasteiger partial charge in [-0.2, -0.15) is 0 Å². The summed E-state index contributed by atoms with van der Waals surface area (Å²) in [5, 5.41) is 0.932. The van der Waals surface area contributed by atoms with Crippen LogP contribution < -0.4 is 4.90 Å². The summed E-state index contributed by atoms with van der Waals surface area (Å²) < 4.78 is 0. The van der Waals surface area contributed by atoms with Crippen LogP contribution in [0, 0.1) is 0 Å². The van der Waals surface area contributed by atoms with Gasteiger partial charge in [0.2, 0.25) is 0 Å². The molecule has 15 heavy (non-hydrogen) atoms. The lowest BCUT2D eigenvalue weighted by Crippen LogP contribution is -2.28. The van der Waals surface area contributed by atoms with Gasteiger partial charge in [0.1, 0.15) is 0 Å². The zero-order valence-corrected chi connectivity index (χ0v) is 10.6. The van der Waals surface area contributed by atoms with Crippen LogP contribution in [0.25, 0.3) is 0 Å². The molecule has 0 amide bonds. The number of Topliss-reactive ketones (excluding diaryl/α,β-unsaturated/α-hetero) is 1. The van der Waals surface area contributed by atoms with Crippen LogP contribution in [0.5, 0.6) is 0 Å². The highest BCUT2D eigenvalue weighted by atomic mass is 32.1. The molecule has 0 N–H and O–H groups in total. The van der Waals surface area contributed by atoms with Crippen LogP contribution in [0.3, 0.4) is 0 Å². The molecule has 0 aromatic carbocycles. The average Bonchev–Trinajstić information content (AvgIpc) is 2.65. The molecule has 0 aliphatic carbocycles. The highest BCUT2D eigenvalue weighted by molar-refractivity contribution is 7.17. The van der Waals surface area contributed by atoms with Crippen LogP contribution in [0.2, 0.25) is 0 Å². The van der Waals surface area contributed by atoms with Crippen molar-refractivity contribution in [1.29, 1.82) is 0 Å². The minimum Gasteiger partial charge on any atom is -0.348 e. The fourth-order valence-corrected chi connectivity index (χ4v) is 2.27. The molecule has 0 radical (unpaired) electrons. The highest BCUT2D eigenvalue weighted by Crippen LogP contribution is 2.24. The van der Waals surface area contributed by atoms with E-state index in [2.05, 4.69) is 23.7 Å². The zero-order chi connectivity index (χ0) is 11.4. The average molecular weight is 226 g/mol. The first kappa shape index (κ1) is 12.2. The summed E-state index contributed by atoms with van der Waals surface area (Å²) in [5.74, 6) is 0.0929. The van der Waals surface area contributed by atoms with E-state index >= 15 is 0 Å². The molecule has 1 unspecified atom stereocenters. The maximum atomic E-state index is 11.1. The topological polar surface area (TPSA) is 33.2 Å². The van der Waals surface area contributed by atoms with Crippen LogP contribution in [-0.4, -0.2) is 23.9 Å². The number of hydrogen-bond acceptors (Lipinski definition) is 4. The first-order valence-electron chi connectivity index (χ1n) is 5.25. The Balaban J connectivity index is 2.73. The molecule has 1 aromatic heterocycles. The molecule has 1 rings (SSSR count). The van der Waals surface area contributed by atoms with Gasteiger partial charge in [0, 0.05) is 20.0 Å². The minimum atomic E-state index is 0.0929. The van der Waals surface area contributed by atoms with Crippen LogP contribution in [0.1, 0.15) is 43.3 Å². The van der Waals surface area contributed by atoms with Gasteiger partial charge in [-0.25, -0.2) is 4.98 Å². The molecular weight excluding hydrogens is 208 g/mol. The fourth-order valence-electron chi connectivity index (χ4n) is 1.39. The third-order valence-corrected chi connectivity index (χ3v) is 3.70. The van der Waals surface area contributed by atoms with Gasteiger partial charge < -0.3 is 4.90 Å². The molecule has 1 aromatic rings. The zero-order valence-electron chi connectivity index (χ0n) is 9.78. The van der Waals surface area contributed by atoms with Crippen LogP contribution >= 0.6 is 11.3 Å². The van der Waals surface area contributed by atoms with Gasteiger partial charge in [0.25, 0.3) is 0 Å². The van der Waals surface area contributed by atoms with Gasteiger partial charge in [0.05, 0.1) is 11.1 Å². The molecule has 4 heteroatoms. The fraction of sp³-hybridized carbons (Fsp3) is 0.636. The Labute approximate surface area is 95.1 Å². The molecule has 1 atom stereocenters. The number of hydrogen-bond donors (Lipinski definition) is 0. The van der Waals surface area contributed by atoms with Gasteiger partial charge >= 0.3 is 0 Å². The maximum Gasteiger partial charge on any atom is 0.185 e. The molecule has 1 heterocycles. The first-order chi connectivity index (χ1) is 7.06. The van der Waals surface area contributed by atoms with Gasteiger partial charge in [-0.15, -0.1) is 0 Å². The van der Waals surface area contributed by atoms with Crippen molar-refractivity contribution in [2.45, 2.75) is 39.7 Å². The molecule has 0 aliphatic rings. The number of thiazole rings is 1. The van der Waals surface area contributed by atoms with Crippen molar-refractivity contribution < 1.29 is 4.79 Å². The van der Waals surface area contributed by atoms with Crippen molar-refractivity contribution in [2.75, 3.05) is 11.9 Å². The van der Waals surface area contributed by atoms with E-state index in [0.717, 1.165) is 22.9 Å². The number of anilines is 1. The van der Waals surface area contributed by atoms with Crippen molar-refractivity contribution in [1.82, 2.24) is 4.98 Å². The van der Waals surface area contributed by atoms with Crippen LogP contribution in [0.4, 0.5) is 5.13 Å². The minimum absolute atomic E-state index is 0.0929. The van der Waals surface area contributed by atoms with E-state index in [1.807, 2.05) is 7.05 Å². The van der Waals surface area contributed by atoms with Gasteiger partial charge in [0.15, 0.2) is 10.9 Å². The molecule has 0 spiro atoms. The van der Waals surface area contributed by atoms with Gasteiger partial charge in [-0.3, -0.25) is 4.79 Å². The van der Waals surface area contributed by atoms with E-state index in [1.54, 1.807) is 13.1 Å². The third-order valence-electron chi connectivity index (χ3n) is 2.51. The van der Waals surface area contributed by atoms with E-state index in [0.29, 0.717) is 6.04 Å². The smallest absolute Gasteiger partial charge is 0.185 e. The highest BCUT2D eigenvalue weighted by Gasteiger charge is 2.13. The van der Waals surface area contributed by atoms with E-state index in [1.165, 1.54) is 11.3 Å². The maximum absolute atomic E-state index is 11.1. The Kier molecular flexibility index (Phi) is 4.27. The molecule has 84 valence electrons. The van der Waals surface area contributed by atoms with Crippen molar-refractivity contribution in [3.05, 3.63) is 11.1 Å². The summed E-state index contributed by atoms with van der Waals surface area (Å²) in [6.45, 7) is 5.93. The summed E-state index contributed by atoms with van der Waals surface area (Å²) in [4.78, 5) is 18.3. The first-order valence-corrected chi connectivity index (χ1v) is 6.07. The number of carbonyl (C=O) groups excluding carboxylic acids is 1. The summed E-state index contributed by atoms with van der Waals surface area (Å²) in [7, 11) is 2.03. The molecule has 0 saturated carbocycles. The predicted octanol–water partition coefficient (Wildman–Crippen LogP) is 2.97. The normalized spacial score (nSPS) is 12.5. The van der Waals surface area contributed by atoms with E-state index in [4.69, 9.17) is 0 Å². The lowest BCUT2D eigenvalue weighted by atomic mass is 10.2. The second-order valence-corrected chi connectivity index (χ2v) is 4.82. The quantitative estimate of drug-likeness (QED) is 0.724. The van der Waals surface area contributed by atoms with Gasteiger partial charge in [-0.1, -0.05) is 24.7 Å². The Bertz CT molecular complexity index is 335. The van der Waals surface area contributed by atoms with E-state index < -0.39 is 0 Å². The summed E-state index contributed by atoms with van der Waals surface area (Å²) in [6.07, 6.45) is 3.97. The Morgan fingerprint density at radius 3 is 2.80 bits per heavy atom. The summed E-state index contributed by atoms with van der Waals surface area (Å²) in [6, 6.07) is 0.473. The van der Waals surface area contributed by atoms with Crippen LogP contribution in [0.15, 0.2) is 6.20 Å². The Morgan fingerprint density at radius 2 is 2.33 bits per heavy atom. The number of aromatic nitrogens is 1.